The fourth-order valence-electron chi connectivity index (χ4n) is 5.21. The Morgan fingerprint density at radius 1 is 0.810 bits per heavy atom. The molecule has 0 aliphatic carbocycles. The van der Waals surface area contributed by atoms with E-state index in [1.165, 1.54) is 22.3 Å². The van der Waals surface area contributed by atoms with Crippen LogP contribution in [0.2, 0.25) is 0 Å². The van der Waals surface area contributed by atoms with Gasteiger partial charge in [0.25, 0.3) is 5.91 Å². The zero-order valence-corrected chi connectivity index (χ0v) is 25.1. The van der Waals surface area contributed by atoms with Crippen molar-refractivity contribution in [3.8, 4) is 11.1 Å². The highest BCUT2D eigenvalue weighted by molar-refractivity contribution is 5.96. The smallest absolute Gasteiger partial charge is 0.336 e. The van der Waals surface area contributed by atoms with Crippen LogP contribution in [-0.4, -0.2) is 17.0 Å². The minimum atomic E-state index is -0.926. The van der Waals surface area contributed by atoms with Gasteiger partial charge in [0.15, 0.2) is 0 Å². The Hall–Kier alpha value is -4.64. The number of nitrogens with two attached hydrogens (primary N) is 1. The lowest BCUT2D eigenvalue weighted by atomic mass is 9.80. The van der Waals surface area contributed by atoms with Crippen LogP contribution < -0.4 is 11.1 Å². The molecule has 4 aromatic rings. The van der Waals surface area contributed by atoms with Crippen LogP contribution in [0, 0.1) is 5.92 Å². The maximum Gasteiger partial charge on any atom is 0.336 e. The monoisotopic (exact) mass is 560 g/mol. The first-order valence-corrected chi connectivity index (χ1v) is 14.4. The van der Waals surface area contributed by atoms with Gasteiger partial charge in [-0.3, -0.25) is 4.79 Å². The van der Waals surface area contributed by atoms with Gasteiger partial charge in [-0.05, 0) is 108 Å². The first kappa shape index (κ1) is 30.3. The second-order valence-corrected chi connectivity index (χ2v) is 11.4. The molecule has 0 aliphatic rings. The van der Waals surface area contributed by atoms with E-state index in [4.69, 9.17) is 5.73 Å². The van der Waals surface area contributed by atoms with E-state index in [1.54, 1.807) is 12.1 Å². The van der Waals surface area contributed by atoms with Crippen LogP contribution in [0.5, 0.6) is 0 Å². The third kappa shape index (κ3) is 7.16. The molecule has 0 saturated heterocycles. The number of hydrogen-bond donors (Lipinski definition) is 3. The van der Waals surface area contributed by atoms with Crippen molar-refractivity contribution >= 4 is 23.1 Å². The number of benzene rings is 4. The fourth-order valence-corrected chi connectivity index (χ4v) is 5.21. The quantitative estimate of drug-likeness (QED) is 0.170. The lowest BCUT2D eigenvalue weighted by Crippen LogP contribution is -2.23. The third-order valence-corrected chi connectivity index (χ3v) is 8.23. The topological polar surface area (TPSA) is 92.4 Å². The summed E-state index contributed by atoms with van der Waals surface area (Å²) in [5.74, 6) is -0.457. The van der Waals surface area contributed by atoms with E-state index in [1.807, 2.05) is 60.7 Å². The summed E-state index contributed by atoms with van der Waals surface area (Å²) in [5.41, 5.74) is 16.0. The number of hydrogen-bond acceptors (Lipinski definition) is 3. The summed E-state index contributed by atoms with van der Waals surface area (Å²) in [7, 11) is 0. The Morgan fingerprint density at radius 2 is 1.45 bits per heavy atom. The van der Waals surface area contributed by atoms with Gasteiger partial charge in [0.2, 0.25) is 0 Å². The molecule has 4 aromatic carbocycles. The highest BCUT2D eigenvalue weighted by Gasteiger charge is 2.21. The zero-order chi connectivity index (χ0) is 30.4. The number of amides is 1. The molecule has 0 bridgehead atoms. The summed E-state index contributed by atoms with van der Waals surface area (Å²) >= 11 is 0. The third-order valence-electron chi connectivity index (χ3n) is 8.23. The summed E-state index contributed by atoms with van der Waals surface area (Å²) in [6.45, 7) is 11.3. The Labute approximate surface area is 249 Å². The number of nitrogens with one attached hydrogen (secondary N) is 1. The van der Waals surface area contributed by atoms with Crippen LogP contribution in [0.4, 0.5) is 5.69 Å². The molecular formula is C37H40N2O3. The average Bonchev–Trinajstić information content (AvgIpc) is 2.99. The van der Waals surface area contributed by atoms with Gasteiger partial charge in [-0.15, -0.1) is 0 Å². The number of anilines is 1. The van der Waals surface area contributed by atoms with Gasteiger partial charge in [0, 0.05) is 17.8 Å². The van der Waals surface area contributed by atoms with Crippen molar-refractivity contribution in [2.45, 2.75) is 53.5 Å². The van der Waals surface area contributed by atoms with Crippen LogP contribution in [0.3, 0.4) is 0 Å². The molecule has 2 unspecified atom stereocenters. The summed E-state index contributed by atoms with van der Waals surface area (Å²) in [6.07, 6.45) is 0.874. The van der Waals surface area contributed by atoms with Crippen molar-refractivity contribution in [1.82, 2.24) is 5.32 Å². The Bertz CT molecular complexity index is 1600. The number of rotatable bonds is 10. The van der Waals surface area contributed by atoms with Gasteiger partial charge < -0.3 is 16.2 Å². The molecule has 4 rings (SSSR count). The molecule has 216 valence electrons. The lowest BCUT2D eigenvalue weighted by Gasteiger charge is -2.25. The highest BCUT2D eigenvalue weighted by atomic mass is 16.4. The molecule has 4 N–H and O–H groups in total. The van der Waals surface area contributed by atoms with E-state index in [9.17, 15) is 14.7 Å². The van der Waals surface area contributed by atoms with Crippen molar-refractivity contribution in [2.75, 3.05) is 5.73 Å². The lowest BCUT2D eigenvalue weighted by molar-refractivity contribution is 0.0697. The predicted octanol–water partition coefficient (Wildman–Crippen LogP) is 8.36. The molecule has 0 saturated carbocycles. The SMILES string of the molecule is CC(C)=C(C)c1cc(C(=O)NCc2ccc(N)cc2)ccc1C(C)C(C)Cc1ccc(-c2ccccc2C(=O)O)cc1. The van der Waals surface area contributed by atoms with Gasteiger partial charge >= 0.3 is 5.97 Å². The summed E-state index contributed by atoms with van der Waals surface area (Å²) in [6, 6.07) is 28.8. The summed E-state index contributed by atoms with van der Waals surface area (Å²) < 4.78 is 0. The number of carboxylic acid groups (broad SMARTS) is 1. The molecule has 0 spiro atoms. The maximum absolute atomic E-state index is 13.1. The van der Waals surface area contributed by atoms with Crippen molar-refractivity contribution in [1.29, 1.82) is 0 Å². The fraction of sp³-hybridized carbons (Fsp3) is 0.243. The number of allylic oxidation sites excluding steroid dienone is 2. The number of carbonyl (C=O) groups excluding carboxylic acids is 1. The van der Waals surface area contributed by atoms with Crippen LogP contribution in [0.15, 0.2) is 96.6 Å². The first-order valence-electron chi connectivity index (χ1n) is 14.4. The van der Waals surface area contributed by atoms with E-state index in [2.05, 4.69) is 58.1 Å². The Balaban J connectivity index is 1.52. The van der Waals surface area contributed by atoms with Crippen LogP contribution in [0.1, 0.15) is 83.5 Å². The van der Waals surface area contributed by atoms with E-state index in [-0.39, 0.29) is 11.8 Å². The number of aromatic carboxylic acids is 1. The molecule has 0 radical (unpaired) electrons. The predicted molar refractivity (Wildman–Crippen MR) is 173 cm³/mol. The van der Waals surface area contributed by atoms with Gasteiger partial charge in [-0.25, -0.2) is 4.79 Å². The van der Waals surface area contributed by atoms with Crippen molar-refractivity contribution < 1.29 is 14.7 Å². The largest absolute Gasteiger partial charge is 0.478 e. The molecule has 42 heavy (non-hydrogen) atoms. The molecular weight excluding hydrogens is 520 g/mol. The summed E-state index contributed by atoms with van der Waals surface area (Å²) in [5, 5.41) is 12.6. The summed E-state index contributed by atoms with van der Waals surface area (Å²) in [4.78, 5) is 24.8. The van der Waals surface area contributed by atoms with Crippen LogP contribution in [-0.2, 0) is 13.0 Å². The van der Waals surface area contributed by atoms with Crippen molar-refractivity contribution in [3.05, 3.63) is 130 Å². The minimum absolute atomic E-state index is 0.105. The highest BCUT2D eigenvalue weighted by Crippen LogP contribution is 2.35. The molecule has 0 fully saturated rings. The molecule has 1 amide bonds. The van der Waals surface area contributed by atoms with Gasteiger partial charge in [-0.2, -0.15) is 0 Å². The first-order chi connectivity index (χ1) is 20.0. The Morgan fingerprint density at radius 3 is 2.10 bits per heavy atom. The standard InChI is InChI=1S/C37H40N2O3/c1-23(2)25(4)35-21-30(36(40)39-22-28-12-17-31(38)18-13-28)16-19-32(35)26(5)24(3)20-27-10-14-29(15-11-27)33-8-6-7-9-34(33)37(41)42/h6-19,21,24,26H,20,22,38H2,1-5H3,(H,39,40)(H,41,42). The minimum Gasteiger partial charge on any atom is -0.478 e. The molecule has 0 heterocycles. The van der Waals surface area contributed by atoms with E-state index >= 15 is 0 Å². The van der Waals surface area contributed by atoms with E-state index in [0.29, 0.717) is 29.3 Å². The molecule has 0 aromatic heterocycles. The number of carbonyl (C=O) groups is 2. The average molecular weight is 561 g/mol. The molecule has 2 atom stereocenters. The number of carboxylic acids is 1. The molecule has 5 nitrogen and oxygen atoms in total. The van der Waals surface area contributed by atoms with E-state index < -0.39 is 5.97 Å². The zero-order valence-electron chi connectivity index (χ0n) is 25.1. The second-order valence-electron chi connectivity index (χ2n) is 11.4. The van der Waals surface area contributed by atoms with Crippen LogP contribution >= 0.6 is 0 Å². The van der Waals surface area contributed by atoms with Gasteiger partial charge in [-0.1, -0.05) is 80.1 Å². The van der Waals surface area contributed by atoms with Crippen molar-refractivity contribution in [2.24, 2.45) is 5.92 Å². The van der Waals surface area contributed by atoms with Gasteiger partial charge in [0.1, 0.15) is 0 Å². The van der Waals surface area contributed by atoms with E-state index in [0.717, 1.165) is 28.7 Å². The molecule has 5 heteroatoms. The van der Waals surface area contributed by atoms with Gasteiger partial charge in [0.05, 0.1) is 5.56 Å². The molecule has 0 aliphatic heterocycles. The van der Waals surface area contributed by atoms with Crippen LogP contribution in [0.25, 0.3) is 16.7 Å². The Kier molecular flexibility index (Phi) is 9.64. The maximum atomic E-state index is 13.1. The number of nitrogen functional groups attached to an aromatic ring is 1. The normalized spacial score (nSPS) is 12.3. The van der Waals surface area contributed by atoms with Crippen molar-refractivity contribution in [3.63, 3.8) is 0 Å². The second kappa shape index (κ2) is 13.3.